The van der Waals surface area contributed by atoms with E-state index in [2.05, 4.69) is 41.8 Å². The standard InChI is InChI=1S/C14H10Br2ClN3/c1-8-5-6-11-14(18-8)20(12(7-17)19-11)13-9(15)3-2-4-10(13)16/h2-6H,7H2,1H3. The molecule has 3 aromatic rings. The summed E-state index contributed by atoms with van der Waals surface area (Å²) in [5.41, 5.74) is 3.56. The molecule has 3 rings (SSSR count). The second-order valence-electron chi connectivity index (χ2n) is 4.36. The summed E-state index contributed by atoms with van der Waals surface area (Å²) in [6.45, 7) is 1.96. The molecule has 2 heterocycles. The summed E-state index contributed by atoms with van der Waals surface area (Å²) in [6.07, 6.45) is 0. The normalized spacial score (nSPS) is 11.2. The first-order valence-corrected chi connectivity index (χ1v) is 8.09. The van der Waals surface area contributed by atoms with Crippen molar-refractivity contribution in [3.63, 3.8) is 0 Å². The van der Waals surface area contributed by atoms with Gasteiger partial charge < -0.3 is 0 Å². The van der Waals surface area contributed by atoms with Gasteiger partial charge in [0.1, 0.15) is 11.3 Å². The van der Waals surface area contributed by atoms with Gasteiger partial charge in [-0.2, -0.15) is 0 Å². The molecule has 0 aliphatic carbocycles. The Balaban J connectivity index is 2.42. The van der Waals surface area contributed by atoms with Crippen molar-refractivity contribution >= 4 is 54.6 Å². The van der Waals surface area contributed by atoms with Crippen molar-refractivity contribution in [3.8, 4) is 5.69 Å². The molecule has 0 atom stereocenters. The van der Waals surface area contributed by atoms with E-state index in [1.54, 1.807) is 0 Å². The molecule has 3 nitrogen and oxygen atoms in total. The average Bonchev–Trinajstić information content (AvgIpc) is 2.77. The van der Waals surface area contributed by atoms with Gasteiger partial charge in [-0.1, -0.05) is 6.07 Å². The second kappa shape index (κ2) is 5.47. The number of nitrogens with zero attached hydrogens (tertiary/aromatic N) is 3. The smallest absolute Gasteiger partial charge is 0.165 e. The van der Waals surface area contributed by atoms with Crippen molar-refractivity contribution in [1.82, 2.24) is 14.5 Å². The molecule has 2 aromatic heterocycles. The van der Waals surface area contributed by atoms with Crippen LogP contribution in [0.1, 0.15) is 11.5 Å². The minimum Gasteiger partial charge on any atom is -0.277 e. The molecule has 0 unspecified atom stereocenters. The summed E-state index contributed by atoms with van der Waals surface area (Å²) in [5, 5.41) is 0. The molecular formula is C14H10Br2ClN3. The van der Waals surface area contributed by atoms with E-state index in [9.17, 15) is 0 Å². The molecule has 0 aliphatic heterocycles. The quantitative estimate of drug-likeness (QED) is 0.552. The Hall–Kier alpha value is -0.910. The summed E-state index contributed by atoms with van der Waals surface area (Å²) in [7, 11) is 0. The Morgan fingerprint density at radius 1 is 1.10 bits per heavy atom. The van der Waals surface area contributed by atoms with Crippen LogP contribution in [-0.4, -0.2) is 14.5 Å². The molecule has 0 fully saturated rings. The fourth-order valence-corrected chi connectivity index (χ4v) is 3.66. The van der Waals surface area contributed by atoms with Gasteiger partial charge in [-0.3, -0.25) is 4.57 Å². The van der Waals surface area contributed by atoms with Gasteiger partial charge in [-0.05, 0) is 63.0 Å². The van der Waals surface area contributed by atoms with E-state index < -0.39 is 0 Å². The summed E-state index contributed by atoms with van der Waals surface area (Å²) in [4.78, 5) is 9.16. The number of alkyl halides is 1. The van der Waals surface area contributed by atoms with Crippen molar-refractivity contribution in [3.05, 3.63) is 50.8 Å². The Labute approximate surface area is 138 Å². The highest BCUT2D eigenvalue weighted by molar-refractivity contribution is 9.11. The fraction of sp³-hybridized carbons (Fsp3) is 0.143. The van der Waals surface area contributed by atoms with E-state index >= 15 is 0 Å². The predicted molar refractivity (Wildman–Crippen MR) is 88.6 cm³/mol. The van der Waals surface area contributed by atoms with Crippen molar-refractivity contribution in [2.75, 3.05) is 0 Å². The topological polar surface area (TPSA) is 30.7 Å². The van der Waals surface area contributed by atoms with E-state index in [0.29, 0.717) is 5.88 Å². The highest BCUT2D eigenvalue weighted by atomic mass is 79.9. The van der Waals surface area contributed by atoms with Crippen LogP contribution in [0.15, 0.2) is 39.3 Å². The lowest BCUT2D eigenvalue weighted by molar-refractivity contribution is 0.957. The van der Waals surface area contributed by atoms with Gasteiger partial charge in [0.2, 0.25) is 0 Å². The fourth-order valence-electron chi connectivity index (χ4n) is 2.13. The first kappa shape index (κ1) is 14.0. The number of hydrogen-bond acceptors (Lipinski definition) is 2. The van der Waals surface area contributed by atoms with Crippen LogP contribution >= 0.6 is 43.5 Å². The molecule has 6 heteroatoms. The van der Waals surface area contributed by atoms with Crippen LogP contribution in [0.5, 0.6) is 0 Å². The number of para-hydroxylation sites is 1. The molecule has 20 heavy (non-hydrogen) atoms. The SMILES string of the molecule is Cc1ccc2nc(CCl)n(-c3c(Br)cccc3Br)c2n1. The van der Waals surface area contributed by atoms with E-state index in [1.807, 2.05) is 41.8 Å². The molecule has 0 bridgehead atoms. The summed E-state index contributed by atoms with van der Waals surface area (Å²) in [5.74, 6) is 1.09. The van der Waals surface area contributed by atoms with Crippen molar-refractivity contribution in [1.29, 1.82) is 0 Å². The predicted octanol–water partition coefficient (Wildman–Crippen LogP) is 4.99. The lowest BCUT2D eigenvalue weighted by Gasteiger charge is -2.11. The van der Waals surface area contributed by atoms with E-state index in [-0.39, 0.29) is 0 Å². The molecule has 102 valence electrons. The van der Waals surface area contributed by atoms with Gasteiger partial charge in [0.25, 0.3) is 0 Å². The molecule has 1 aromatic carbocycles. The van der Waals surface area contributed by atoms with Crippen LogP contribution in [-0.2, 0) is 5.88 Å². The number of fused-ring (bicyclic) bond motifs is 1. The maximum Gasteiger partial charge on any atom is 0.165 e. The molecule has 0 saturated heterocycles. The van der Waals surface area contributed by atoms with Gasteiger partial charge in [0, 0.05) is 14.6 Å². The maximum atomic E-state index is 6.06. The summed E-state index contributed by atoms with van der Waals surface area (Å²) in [6, 6.07) is 9.86. The molecule has 0 aliphatic rings. The Bertz CT molecular complexity index is 778. The Morgan fingerprint density at radius 2 is 1.80 bits per heavy atom. The number of aryl methyl sites for hydroxylation is 1. The third-order valence-electron chi connectivity index (χ3n) is 2.99. The number of halogens is 3. The van der Waals surface area contributed by atoms with E-state index in [1.165, 1.54) is 0 Å². The Morgan fingerprint density at radius 3 is 2.45 bits per heavy atom. The number of hydrogen-bond donors (Lipinski definition) is 0. The lowest BCUT2D eigenvalue weighted by Crippen LogP contribution is -2.02. The van der Waals surface area contributed by atoms with Gasteiger partial charge in [0.05, 0.1) is 11.6 Å². The first-order valence-electron chi connectivity index (χ1n) is 5.97. The summed E-state index contributed by atoms with van der Waals surface area (Å²) >= 11 is 13.2. The minimum atomic E-state index is 0.323. The largest absolute Gasteiger partial charge is 0.277 e. The van der Waals surface area contributed by atoms with Crippen molar-refractivity contribution in [2.24, 2.45) is 0 Å². The Kier molecular flexibility index (Phi) is 3.84. The van der Waals surface area contributed by atoms with Gasteiger partial charge >= 0.3 is 0 Å². The maximum absolute atomic E-state index is 6.06. The van der Waals surface area contributed by atoms with Gasteiger partial charge in [-0.25, -0.2) is 9.97 Å². The van der Waals surface area contributed by atoms with Crippen LogP contribution in [0.25, 0.3) is 16.9 Å². The molecule has 0 amide bonds. The molecule has 0 saturated carbocycles. The molecule has 0 spiro atoms. The monoisotopic (exact) mass is 413 g/mol. The highest BCUT2D eigenvalue weighted by Crippen LogP contribution is 2.32. The third kappa shape index (κ3) is 2.28. The number of benzene rings is 1. The van der Waals surface area contributed by atoms with Crippen LogP contribution < -0.4 is 0 Å². The lowest BCUT2D eigenvalue weighted by atomic mass is 10.3. The number of imidazole rings is 1. The molecule has 0 radical (unpaired) electrons. The summed E-state index contributed by atoms with van der Waals surface area (Å²) < 4.78 is 3.91. The number of aromatic nitrogens is 3. The van der Waals surface area contributed by atoms with Crippen LogP contribution in [0.4, 0.5) is 0 Å². The van der Waals surface area contributed by atoms with Crippen LogP contribution in [0.3, 0.4) is 0 Å². The van der Waals surface area contributed by atoms with Crippen molar-refractivity contribution < 1.29 is 0 Å². The second-order valence-corrected chi connectivity index (χ2v) is 6.34. The first-order chi connectivity index (χ1) is 9.61. The molecular weight excluding hydrogens is 405 g/mol. The third-order valence-corrected chi connectivity index (χ3v) is 4.51. The number of rotatable bonds is 2. The van der Waals surface area contributed by atoms with Crippen molar-refractivity contribution in [2.45, 2.75) is 12.8 Å². The zero-order chi connectivity index (χ0) is 14.3. The highest BCUT2D eigenvalue weighted by Gasteiger charge is 2.17. The molecule has 0 N–H and O–H groups in total. The number of pyridine rings is 1. The van der Waals surface area contributed by atoms with Crippen LogP contribution in [0, 0.1) is 6.92 Å². The van der Waals surface area contributed by atoms with E-state index in [0.717, 1.165) is 37.3 Å². The average molecular weight is 416 g/mol. The van der Waals surface area contributed by atoms with Gasteiger partial charge in [-0.15, -0.1) is 11.6 Å². The zero-order valence-electron chi connectivity index (χ0n) is 10.6. The van der Waals surface area contributed by atoms with E-state index in [4.69, 9.17) is 11.6 Å². The van der Waals surface area contributed by atoms with Crippen LogP contribution in [0.2, 0.25) is 0 Å². The minimum absolute atomic E-state index is 0.323. The van der Waals surface area contributed by atoms with Gasteiger partial charge in [0.15, 0.2) is 5.65 Å². The zero-order valence-corrected chi connectivity index (χ0v) is 14.5.